The molecule has 2 aromatic rings. The molecule has 5 heteroatoms. The molecule has 0 aliphatic rings. The lowest BCUT2D eigenvalue weighted by Crippen LogP contribution is -1.96. The zero-order valence-corrected chi connectivity index (χ0v) is 11.9. The van der Waals surface area contributed by atoms with E-state index in [1.54, 1.807) is 12.1 Å². The van der Waals surface area contributed by atoms with Crippen molar-refractivity contribution in [3.05, 3.63) is 59.7 Å². The van der Waals surface area contributed by atoms with Crippen LogP contribution >= 0.6 is 10.7 Å². The third-order valence-electron chi connectivity index (χ3n) is 2.63. The van der Waals surface area contributed by atoms with Gasteiger partial charge in [-0.05, 0) is 36.8 Å². The van der Waals surface area contributed by atoms with Gasteiger partial charge in [0.1, 0.15) is 12.4 Å². The van der Waals surface area contributed by atoms with E-state index in [-0.39, 0.29) is 4.90 Å². The third kappa shape index (κ3) is 3.98. The summed E-state index contributed by atoms with van der Waals surface area (Å²) < 4.78 is 27.7. The van der Waals surface area contributed by atoms with E-state index in [0.29, 0.717) is 12.4 Å². The summed E-state index contributed by atoms with van der Waals surface area (Å²) in [6, 6.07) is 14.0. The standard InChI is InChI=1S/C14H13ClO3S/c1-11-2-4-12(5-3-11)10-18-13-6-8-14(9-7-13)19(15,16)17/h2-9H,10H2,1H3. The number of rotatable bonds is 4. The van der Waals surface area contributed by atoms with Crippen LogP contribution in [0.3, 0.4) is 0 Å². The Kier molecular flexibility index (Phi) is 4.12. The second-order valence-corrected chi connectivity index (χ2v) is 6.75. The Morgan fingerprint density at radius 3 is 2.11 bits per heavy atom. The first-order valence-electron chi connectivity index (χ1n) is 5.68. The van der Waals surface area contributed by atoms with Crippen molar-refractivity contribution in [2.24, 2.45) is 0 Å². The van der Waals surface area contributed by atoms with Crippen LogP contribution in [-0.2, 0) is 15.7 Å². The molecule has 0 aliphatic heterocycles. The van der Waals surface area contributed by atoms with Crippen molar-refractivity contribution in [2.45, 2.75) is 18.4 Å². The van der Waals surface area contributed by atoms with Crippen LogP contribution in [-0.4, -0.2) is 8.42 Å². The van der Waals surface area contributed by atoms with E-state index >= 15 is 0 Å². The highest BCUT2D eigenvalue weighted by molar-refractivity contribution is 8.13. The summed E-state index contributed by atoms with van der Waals surface area (Å²) in [7, 11) is 1.56. The summed E-state index contributed by atoms with van der Waals surface area (Å²) in [5.74, 6) is 0.602. The topological polar surface area (TPSA) is 43.4 Å². The van der Waals surface area contributed by atoms with Gasteiger partial charge in [-0.2, -0.15) is 0 Å². The Morgan fingerprint density at radius 2 is 1.58 bits per heavy atom. The van der Waals surface area contributed by atoms with Gasteiger partial charge in [0.15, 0.2) is 0 Å². The van der Waals surface area contributed by atoms with Gasteiger partial charge in [-0.3, -0.25) is 0 Å². The zero-order chi connectivity index (χ0) is 13.9. The van der Waals surface area contributed by atoms with Gasteiger partial charge >= 0.3 is 0 Å². The molecule has 0 unspecified atom stereocenters. The molecule has 0 saturated carbocycles. The molecule has 0 N–H and O–H groups in total. The van der Waals surface area contributed by atoms with Gasteiger partial charge in [-0.25, -0.2) is 8.42 Å². The van der Waals surface area contributed by atoms with Gasteiger partial charge in [-0.15, -0.1) is 0 Å². The number of ether oxygens (including phenoxy) is 1. The molecule has 2 aromatic carbocycles. The highest BCUT2D eigenvalue weighted by atomic mass is 35.7. The predicted molar refractivity (Wildman–Crippen MR) is 75.0 cm³/mol. The van der Waals surface area contributed by atoms with Crippen molar-refractivity contribution in [3.8, 4) is 5.75 Å². The molecule has 0 aliphatic carbocycles. The molecule has 3 nitrogen and oxygen atoms in total. The molecule has 0 amide bonds. The van der Waals surface area contributed by atoms with Crippen LogP contribution in [0.25, 0.3) is 0 Å². The van der Waals surface area contributed by atoms with Gasteiger partial charge in [0.2, 0.25) is 0 Å². The molecule has 0 heterocycles. The fourth-order valence-electron chi connectivity index (χ4n) is 1.55. The van der Waals surface area contributed by atoms with Gasteiger partial charge in [0, 0.05) is 10.7 Å². The maximum Gasteiger partial charge on any atom is 0.261 e. The first kappa shape index (κ1) is 13.9. The van der Waals surface area contributed by atoms with Crippen LogP contribution < -0.4 is 4.74 Å². The number of benzene rings is 2. The van der Waals surface area contributed by atoms with Crippen molar-refractivity contribution in [2.75, 3.05) is 0 Å². The Hall–Kier alpha value is -1.52. The predicted octanol–water partition coefficient (Wildman–Crippen LogP) is 3.50. The highest BCUT2D eigenvalue weighted by Crippen LogP contribution is 2.19. The maximum absolute atomic E-state index is 11.1. The molecular formula is C14H13ClO3S. The monoisotopic (exact) mass is 296 g/mol. The lowest BCUT2D eigenvalue weighted by atomic mass is 10.2. The zero-order valence-electron chi connectivity index (χ0n) is 10.3. The van der Waals surface area contributed by atoms with Crippen LogP contribution in [0.5, 0.6) is 5.75 Å². The quantitative estimate of drug-likeness (QED) is 0.811. The van der Waals surface area contributed by atoms with E-state index in [1.807, 2.05) is 31.2 Å². The van der Waals surface area contributed by atoms with Gasteiger partial charge in [0.05, 0.1) is 4.90 Å². The summed E-state index contributed by atoms with van der Waals surface area (Å²) in [5, 5.41) is 0. The van der Waals surface area contributed by atoms with Crippen LogP contribution in [0.4, 0.5) is 0 Å². The van der Waals surface area contributed by atoms with Crippen LogP contribution in [0, 0.1) is 6.92 Å². The molecule has 0 spiro atoms. The molecule has 19 heavy (non-hydrogen) atoms. The first-order chi connectivity index (χ1) is 8.95. The minimum absolute atomic E-state index is 0.0665. The van der Waals surface area contributed by atoms with Crippen molar-refractivity contribution < 1.29 is 13.2 Å². The lowest BCUT2D eigenvalue weighted by Gasteiger charge is -2.07. The third-order valence-corrected chi connectivity index (χ3v) is 4.00. The molecule has 0 bridgehead atoms. The minimum Gasteiger partial charge on any atom is -0.489 e. The second-order valence-electron chi connectivity index (χ2n) is 4.18. The molecule has 0 fully saturated rings. The fourth-order valence-corrected chi connectivity index (χ4v) is 2.32. The molecule has 2 rings (SSSR count). The average molecular weight is 297 g/mol. The summed E-state index contributed by atoms with van der Waals surface area (Å²) in [6.45, 7) is 2.46. The number of halogens is 1. The SMILES string of the molecule is Cc1ccc(COc2ccc(S(=O)(=O)Cl)cc2)cc1. The van der Waals surface area contributed by atoms with E-state index in [0.717, 1.165) is 5.56 Å². The number of hydrogen-bond acceptors (Lipinski definition) is 3. The average Bonchev–Trinajstić information content (AvgIpc) is 2.37. The van der Waals surface area contributed by atoms with Gasteiger partial charge in [-0.1, -0.05) is 29.8 Å². The second kappa shape index (κ2) is 5.63. The van der Waals surface area contributed by atoms with Crippen LogP contribution in [0.2, 0.25) is 0 Å². The van der Waals surface area contributed by atoms with E-state index < -0.39 is 9.05 Å². The Balaban J connectivity index is 2.02. The van der Waals surface area contributed by atoms with Crippen molar-refractivity contribution in [1.82, 2.24) is 0 Å². The van der Waals surface area contributed by atoms with Crippen LogP contribution in [0.1, 0.15) is 11.1 Å². The van der Waals surface area contributed by atoms with Gasteiger partial charge in [0.25, 0.3) is 9.05 Å². The smallest absolute Gasteiger partial charge is 0.261 e. The molecule has 100 valence electrons. The van der Waals surface area contributed by atoms with Crippen molar-refractivity contribution in [1.29, 1.82) is 0 Å². The molecule has 0 atom stereocenters. The van der Waals surface area contributed by atoms with E-state index in [1.165, 1.54) is 17.7 Å². The van der Waals surface area contributed by atoms with Crippen molar-refractivity contribution in [3.63, 3.8) is 0 Å². The van der Waals surface area contributed by atoms with E-state index in [9.17, 15) is 8.42 Å². The van der Waals surface area contributed by atoms with Crippen molar-refractivity contribution >= 4 is 19.7 Å². The first-order valence-corrected chi connectivity index (χ1v) is 7.99. The van der Waals surface area contributed by atoms with Crippen LogP contribution in [0.15, 0.2) is 53.4 Å². The summed E-state index contributed by atoms with van der Waals surface area (Å²) in [6.07, 6.45) is 0. The molecule has 0 saturated heterocycles. The molecular weight excluding hydrogens is 284 g/mol. The Morgan fingerprint density at radius 1 is 1.00 bits per heavy atom. The molecule has 0 radical (unpaired) electrons. The van der Waals surface area contributed by atoms with Gasteiger partial charge < -0.3 is 4.74 Å². The lowest BCUT2D eigenvalue weighted by molar-refractivity contribution is 0.306. The summed E-state index contributed by atoms with van der Waals surface area (Å²) in [4.78, 5) is 0.0665. The highest BCUT2D eigenvalue weighted by Gasteiger charge is 2.09. The Labute approximate surface area is 117 Å². The Bertz CT molecular complexity index is 646. The van der Waals surface area contributed by atoms with E-state index in [2.05, 4.69) is 0 Å². The van der Waals surface area contributed by atoms with E-state index in [4.69, 9.17) is 15.4 Å². The number of hydrogen-bond donors (Lipinski definition) is 0. The minimum atomic E-state index is -3.67. The largest absolute Gasteiger partial charge is 0.489 e. The molecule has 0 aromatic heterocycles. The normalized spacial score (nSPS) is 11.3. The fraction of sp³-hybridized carbons (Fsp3) is 0.143. The maximum atomic E-state index is 11.1. The summed E-state index contributed by atoms with van der Waals surface area (Å²) in [5.41, 5.74) is 2.25. The summed E-state index contributed by atoms with van der Waals surface area (Å²) >= 11 is 0. The number of aryl methyl sites for hydroxylation is 1.